The van der Waals surface area contributed by atoms with Crippen molar-refractivity contribution in [2.45, 2.75) is 19.6 Å². The van der Waals surface area contributed by atoms with Crippen molar-refractivity contribution >= 4 is 0 Å². The van der Waals surface area contributed by atoms with Crippen LogP contribution in [0.25, 0.3) is 0 Å². The Labute approximate surface area is 111 Å². The van der Waals surface area contributed by atoms with Crippen LogP contribution in [0.15, 0.2) is 18.2 Å². The number of alkyl halides is 3. The molecule has 5 heteroatoms. The second-order valence-electron chi connectivity index (χ2n) is 5.24. The predicted molar refractivity (Wildman–Crippen MR) is 69.0 cm³/mol. The van der Waals surface area contributed by atoms with E-state index in [1.54, 1.807) is 19.1 Å². The normalized spacial score (nSPS) is 18.8. The van der Waals surface area contributed by atoms with Gasteiger partial charge in [-0.25, -0.2) is 0 Å². The van der Waals surface area contributed by atoms with Gasteiger partial charge in [-0.2, -0.15) is 13.2 Å². The molecular formula is C14H19F3N2. The maximum absolute atomic E-state index is 13.0. The van der Waals surface area contributed by atoms with Gasteiger partial charge in [0.15, 0.2) is 0 Å². The van der Waals surface area contributed by atoms with Crippen LogP contribution in [-0.2, 0) is 12.7 Å². The Bertz CT molecular complexity index is 435. The lowest BCUT2D eigenvalue weighted by molar-refractivity contribution is -0.138. The minimum absolute atomic E-state index is 0.377. The molecule has 1 aromatic rings. The first-order chi connectivity index (χ1) is 8.86. The van der Waals surface area contributed by atoms with Crippen LogP contribution in [0.5, 0.6) is 0 Å². The third kappa shape index (κ3) is 3.70. The zero-order valence-electron chi connectivity index (χ0n) is 11.3. The van der Waals surface area contributed by atoms with Gasteiger partial charge in [-0.15, -0.1) is 0 Å². The van der Waals surface area contributed by atoms with Gasteiger partial charge >= 0.3 is 6.18 Å². The van der Waals surface area contributed by atoms with E-state index < -0.39 is 11.7 Å². The number of nitrogens with zero attached hydrogens (tertiary/aromatic N) is 2. The minimum Gasteiger partial charge on any atom is -0.304 e. The lowest BCUT2D eigenvalue weighted by Crippen LogP contribution is -2.44. The fourth-order valence-corrected chi connectivity index (χ4v) is 2.34. The summed E-state index contributed by atoms with van der Waals surface area (Å²) < 4.78 is 39.1. The van der Waals surface area contributed by atoms with Gasteiger partial charge in [-0.1, -0.05) is 17.7 Å². The molecule has 1 aromatic carbocycles. The van der Waals surface area contributed by atoms with E-state index in [4.69, 9.17) is 0 Å². The van der Waals surface area contributed by atoms with Crippen molar-refractivity contribution in [1.29, 1.82) is 0 Å². The molecule has 0 N–H and O–H groups in total. The number of hydrogen-bond donors (Lipinski definition) is 0. The first kappa shape index (κ1) is 14.3. The SMILES string of the molecule is Cc1ccc(CN2CCN(C)CC2)c(C(F)(F)F)c1. The Morgan fingerprint density at radius 2 is 1.74 bits per heavy atom. The van der Waals surface area contributed by atoms with E-state index in [1.807, 2.05) is 7.05 Å². The van der Waals surface area contributed by atoms with E-state index in [0.717, 1.165) is 26.2 Å². The van der Waals surface area contributed by atoms with Crippen LogP contribution in [0.4, 0.5) is 13.2 Å². The molecule has 2 rings (SSSR count). The van der Waals surface area contributed by atoms with Crippen LogP contribution in [0, 0.1) is 6.92 Å². The molecule has 0 saturated carbocycles. The number of piperazine rings is 1. The summed E-state index contributed by atoms with van der Waals surface area (Å²) in [5.41, 5.74) is 0.531. The zero-order chi connectivity index (χ0) is 14.0. The number of likely N-dealkylation sites (N-methyl/N-ethyl adjacent to an activating group) is 1. The van der Waals surface area contributed by atoms with Crippen LogP contribution < -0.4 is 0 Å². The summed E-state index contributed by atoms with van der Waals surface area (Å²) in [5.74, 6) is 0. The Kier molecular flexibility index (Phi) is 4.16. The van der Waals surface area contributed by atoms with Crippen LogP contribution in [0.2, 0.25) is 0 Å². The van der Waals surface area contributed by atoms with Crippen LogP contribution >= 0.6 is 0 Å². The Morgan fingerprint density at radius 3 is 2.32 bits per heavy atom. The Balaban J connectivity index is 2.16. The molecule has 0 radical (unpaired) electrons. The molecule has 2 nitrogen and oxygen atoms in total. The molecule has 0 unspecified atom stereocenters. The van der Waals surface area contributed by atoms with Gasteiger partial charge in [0.2, 0.25) is 0 Å². The van der Waals surface area contributed by atoms with Crippen LogP contribution in [0.3, 0.4) is 0 Å². The zero-order valence-corrected chi connectivity index (χ0v) is 11.3. The Morgan fingerprint density at radius 1 is 1.11 bits per heavy atom. The first-order valence-corrected chi connectivity index (χ1v) is 6.44. The van der Waals surface area contributed by atoms with Crippen molar-refractivity contribution in [3.8, 4) is 0 Å². The number of hydrogen-bond acceptors (Lipinski definition) is 2. The minimum atomic E-state index is -4.27. The third-order valence-corrected chi connectivity index (χ3v) is 3.56. The number of aryl methyl sites for hydroxylation is 1. The molecule has 0 bridgehead atoms. The molecule has 0 aromatic heterocycles. The van der Waals surface area contributed by atoms with Crippen LogP contribution in [0.1, 0.15) is 16.7 Å². The first-order valence-electron chi connectivity index (χ1n) is 6.44. The van der Waals surface area contributed by atoms with Crippen molar-refractivity contribution in [1.82, 2.24) is 9.80 Å². The van der Waals surface area contributed by atoms with E-state index >= 15 is 0 Å². The molecule has 0 spiro atoms. The van der Waals surface area contributed by atoms with E-state index in [1.165, 1.54) is 6.07 Å². The molecule has 1 saturated heterocycles. The predicted octanol–water partition coefficient (Wildman–Crippen LogP) is 2.76. The molecule has 1 aliphatic heterocycles. The number of benzene rings is 1. The van der Waals surface area contributed by atoms with Gasteiger partial charge in [0, 0.05) is 32.7 Å². The summed E-state index contributed by atoms with van der Waals surface area (Å²) in [6, 6.07) is 4.60. The largest absolute Gasteiger partial charge is 0.416 e. The summed E-state index contributed by atoms with van der Waals surface area (Å²) in [6.45, 7) is 5.53. The van der Waals surface area contributed by atoms with E-state index in [2.05, 4.69) is 9.80 Å². The molecule has 106 valence electrons. The van der Waals surface area contributed by atoms with Gasteiger partial charge in [0.05, 0.1) is 5.56 Å². The van der Waals surface area contributed by atoms with Crippen molar-refractivity contribution in [3.63, 3.8) is 0 Å². The number of halogens is 3. The molecule has 0 atom stereocenters. The average molecular weight is 272 g/mol. The smallest absolute Gasteiger partial charge is 0.304 e. The number of rotatable bonds is 2. The highest BCUT2D eigenvalue weighted by Gasteiger charge is 2.33. The highest BCUT2D eigenvalue weighted by molar-refractivity contribution is 5.33. The van der Waals surface area contributed by atoms with E-state index in [0.29, 0.717) is 17.7 Å². The summed E-state index contributed by atoms with van der Waals surface area (Å²) in [5, 5.41) is 0. The molecule has 19 heavy (non-hydrogen) atoms. The summed E-state index contributed by atoms with van der Waals surface area (Å²) in [6.07, 6.45) is -4.27. The van der Waals surface area contributed by atoms with Crippen molar-refractivity contribution < 1.29 is 13.2 Å². The van der Waals surface area contributed by atoms with E-state index in [9.17, 15) is 13.2 Å². The highest BCUT2D eigenvalue weighted by atomic mass is 19.4. The fourth-order valence-electron chi connectivity index (χ4n) is 2.34. The lowest BCUT2D eigenvalue weighted by atomic mass is 10.0. The second kappa shape index (κ2) is 5.51. The average Bonchev–Trinajstić information content (AvgIpc) is 2.33. The molecule has 1 heterocycles. The topological polar surface area (TPSA) is 6.48 Å². The van der Waals surface area contributed by atoms with Gasteiger partial charge in [-0.05, 0) is 25.6 Å². The van der Waals surface area contributed by atoms with Crippen molar-refractivity contribution in [2.75, 3.05) is 33.2 Å². The highest BCUT2D eigenvalue weighted by Crippen LogP contribution is 2.33. The molecular weight excluding hydrogens is 253 g/mol. The third-order valence-electron chi connectivity index (χ3n) is 3.56. The van der Waals surface area contributed by atoms with Gasteiger partial charge < -0.3 is 4.90 Å². The molecule has 1 fully saturated rings. The summed E-state index contributed by atoms with van der Waals surface area (Å²) >= 11 is 0. The van der Waals surface area contributed by atoms with Crippen molar-refractivity contribution in [3.05, 3.63) is 34.9 Å². The lowest BCUT2D eigenvalue weighted by Gasteiger charge is -2.32. The van der Waals surface area contributed by atoms with Crippen LogP contribution in [-0.4, -0.2) is 43.0 Å². The summed E-state index contributed by atoms with van der Waals surface area (Å²) in [4.78, 5) is 4.27. The second-order valence-corrected chi connectivity index (χ2v) is 5.24. The quantitative estimate of drug-likeness (QED) is 0.817. The maximum atomic E-state index is 13.0. The van der Waals surface area contributed by atoms with Gasteiger partial charge in [0.1, 0.15) is 0 Å². The molecule has 0 aliphatic carbocycles. The molecule has 0 amide bonds. The molecule has 1 aliphatic rings. The fraction of sp³-hybridized carbons (Fsp3) is 0.571. The summed E-state index contributed by atoms with van der Waals surface area (Å²) in [7, 11) is 2.03. The Hall–Kier alpha value is -1.07. The standard InChI is InChI=1S/C14H19F3N2/c1-11-3-4-12(13(9-11)14(15,16)17)10-19-7-5-18(2)6-8-19/h3-4,9H,5-8,10H2,1-2H3. The van der Waals surface area contributed by atoms with Crippen molar-refractivity contribution in [2.24, 2.45) is 0 Å². The maximum Gasteiger partial charge on any atom is 0.416 e. The monoisotopic (exact) mass is 272 g/mol. The van der Waals surface area contributed by atoms with Gasteiger partial charge in [0.25, 0.3) is 0 Å². The van der Waals surface area contributed by atoms with E-state index in [-0.39, 0.29) is 0 Å². The van der Waals surface area contributed by atoms with Gasteiger partial charge in [-0.3, -0.25) is 4.90 Å².